The number of benzene rings is 1. The molecule has 0 spiro atoms. The quantitative estimate of drug-likeness (QED) is 0.533. The summed E-state index contributed by atoms with van der Waals surface area (Å²) < 4.78 is 34.3. The number of hydrogen-bond donors (Lipinski definition) is 1. The van der Waals surface area contributed by atoms with Gasteiger partial charge in [0.1, 0.15) is 0 Å². The summed E-state index contributed by atoms with van der Waals surface area (Å²) >= 11 is 1.28. The maximum atomic E-state index is 13.6. The van der Waals surface area contributed by atoms with Crippen LogP contribution in [0.3, 0.4) is 0 Å². The average molecular weight is 489 g/mol. The van der Waals surface area contributed by atoms with Crippen LogP contribution in [0.15, 0.2) is 51.1 Å². The first-order valence-electron chi connectivity index (χ1n) is 10.4. The lowest BCUT2D eigenvalue weighted by atomic mass is 10.0. The molecular formula is C23H22F2N4O4S. The number of methoxy groups -OCH3 is 1. The van der Waals surface area contributed by atoms with E-state index in [4.69, 9.17) is 4.74 Å². The molecule has 1 atom stereocenters. The van der Waals surface area contributed by atoms with Gasteiger partial charge in [-0.25, -0.2) is 18.6 Å². The number of hydrogen-bond acceptors (Lipinski definition) is 6. The van der Waals surface area contributed by atoms with Gasteiger partial charge in [0.25, 0.3) is 5.56 Å². The molecule has 0 aliphatic carbocycles. The molecule has 178 valence electrons. The Morgan fingerprint density at radius 2 is 2.00 bits per heavy atom. The zero-order chi connectivity index (χ0) is 24.4. The Labute approximate surface area is 197 Å². The largest absolute Gasteiger partial charge is 0.481 e. The SMILES string of the molecule is COc1cc(CNC(=O)C2CSc3c(c(=O)n(Cc4ccc(F)c(F)c4)c(=O)n3C)C2)ccn1. The molecule has 0 radical (unpaired) electrons. The first-order chi connectivity index (χ1) is 16.3. The van der Waals surface area contributed by atoms with Gasteiger partial charge < -0.3 is 10.1 Å². The van der Waals surface area contributed by atoms with Gasteiger partial charge in [0, 0.05) is 37.2 Å². The molecular weight excluding hydrogens is 466 g/mol. The molecule has 34 heavy (non-hydrogen) atoms. The number of amides is 1. The number of nitrogens with zero attached hydrogens (tertiary/aromatic N) is 3. The highest BCUT2D eigenvalue weighted by atomic mass is 32.2. The minimum absolute atomic E-state index is 0.165. The summed E-state index contributed by atoms with van der Waals surface area (Å²) in [5.74, 6) is -1.89. The molecule has 1 N–H and O–H groups in total. The van der Waals surface area contributed by atoms with Crippen molar-refractivity contribution in [3.8, 4) is 5.88 Å². The van der Waals surface area contributed by atoms with Crippen LogP contribution >= 0.6 is 11.8 Å². The van der Waals surface area contributed by atoms with Crippen LogP contribution in [-0.2, 0) is 31.4 Å². The van der Waals surface area contributed by atoms with E-state index in [0.29, 0.717) is 22.2 Å². The Bertz CT molecular complexity index is 1370. The van der Waals surface area contributed by atoms with Crippen LogP contribution in [0, 0.1) is 17.6 Å². The fourth-order valence-corrected chi connectivity index (χ4v) is 5.03. The van der Waals surface area contributed by atoms with Crippen molar-refractivity contribution < 1.29 is 18.3 Å². The van der Waals surface area contributed by atoms with Crippen LogP contribution in [0.5, 0.6) is 5.88 Å². The van der Waals surface area contributed by atoms with Crippen molar-refractivity contribution in [1.29, 1.82) is 0 Å². The van der Waals surface area contributed by atoms with Crippen molar-refractivity contribution in [2.24, 2.45) is 13.0 Å². The number of thioether (sulfide) groups is 1. The van der Waals surface area contributed by atoms with Gasteiger partial charge in [-0.05, 0) is 35.7 Å². The minimum Gasteiger partial charge on any atom is -0.481 e. The number of nitrogens with one attached hydrogen (secondary N) is 1. The van der Waals surface area contributed by atoms with Gasteiger partial charge in [-0.15, -0.1) is 11.8 Å². The Balaban J connectivity index is 1.55. The topological polar surface area (TPSA) is 95.2 Å². The molecule has 0 saturated carbocycles. The minimum atomic E-state index is -1.06. The summed E-state index contributed by atoms with van der Waals surface area (Å²) in [5.41, 5.74) is 0.359. The van der Waals surface area contributed by atoms with E-state index in [1.807, 2.05) is 0 Å². The molecule has 0 saturated heterocycles. The molecule has 11 heteroatoms. The predicted octanol–water partition coefficient (Wildman–Crippen LogP) is 1.86. The van der Waals surface area contributed by atoms with Crippen molar-refractivity contribution in [2.45, 2.75) is 24.5 Å². The molecule has 1 amide bonds. The van der Waals surface area contributed by atoms with Crippen molar-refractivity contribution in [3.05, 3.63) is 85.7 Å². The first kappa shape index (κ1) is 23.7. The van der Waals surface area contributed by atoms with E-state index in [9.17, 15) is 23.2 Å². The smallest absolute Gasteiger partial charge is 0.331 e. The van der Waals surface area contributed by atoms with Crippen LogP contribution in [0.2, 0.25) is 0 Å². The maximum Gasteiger partial charge on any atom is 0.331 e. The van der Waals surface area contributed by atoms with Crippen molar-refractivity contribution >= 4 is 17.7 Å². The van der Waals surface area contributed by atoms with Gasteiger partial charge in [0.15, 0.2) is 11.6 Å². The van der Waals surface area contributed by atoms with Gasteiger partial charge in [0.2, 0.25) is 11.8 Å². The van der Waals surface area contributed by atoms with E-state index in [0.717, 1.165) is 22.3 Å². The Hall–Kier alpha value is -3.47. The molecule has 1 aliphatic rings. The van der Waals surface area contributed by atoms with E-state index in [1.54, 1.807) is 25.4 Å². The maximum absolute atomic E-state index is 13.6. The number of carbonyl (C=O) groups excluding carboxylic acids is 1. The van der Waals surface area contributed by atoms with Crippen molar-refractivity contribution in [2.75, 3.05) is 12.9 Å². The predicted molar refractivity (Wildman–Crippen MR) is 122 cm³/mol. The second-order valence-corrected chi connectivity index (χ2v) is 8.91. The van der Waals surface area contributed by atoms with Crippen LogP contribution in [0.25, 0.3) is 0 Å². The van der Waals surface area contributed by atoms with Crippen LogP contribution in [0.1, 0.15) is 16.7 Å². The van der Waals surface area contributed by atoms with Gasteiger partial charge in [-0.1, -0.05) is 6.07 Å². The van der Waals surface area contributed by atoms with E-state index >= 15 is 0 Å². The number of aromatic nitrogens is 3. The Morgan fingerprint density at radius 1 is 1.21 bits per heavy atom. The summed E-state index contributed by atoms with van der Waals surface area (Å²) in [7, 11) is 3.06. The highest BCUT2D eigenvalue weighted by Gasteiger charge is 2.30. The van der Waals surface area contributed by atoms with Crippen molar-refractivity contribution in [1.82, 2.24) is 19.4 Å². The lowest BCUT2D eigenvalue weighted by Gasteiger charge is -2.25. The van der Waals surface area contributed by atoms with E-state index in [-0.39, 0.29) is 31.0 Å². The lowest BCUT2D eigenvalue weighted by Crippen LogP contribution is -2.45. The fraction of sp³-hybridized carbons (Fsp3) is 0.304. The normalized spacial score (nSPS) is 15.0. The van der Waals surface area contributed by atoms with Crippen LogP contribution < -0.4 is 21.3 Å². The van der Waals surface area contributed by atoms with E-state index in [1.165, 1.54) is 29.5 Å². The molecule has 1 aromatic carbocycles. The highest BCUT2D eigenvalue weighted by molar-refractivity contribution is 7.99. The zero-order valence-corrected chi connectivity index (χ0v) is 19.3. The van der Waals surface area contributed by atoms with Crippen LogP contribution in [0.4, 0.5) is 8.78 Å². The highest BCUT2D eigenvalue weighted by Crippen LogP contribution is 2.30. The molecule has 0 bridgehead atoms. The molecule has 2 aromatic heterocycles. The molecule has 1 unspecified atom stereocenters. The number of pyridine rings is 1. The third-order valence-corrected chi connectivity index (χ3v) is 6.99. The van der Waals surface area contributed by atoms with Gasteiger partial charge >= 0.3 is 5.69 Å². The molecule has 8 nitrogen and oxygen atoms in total. The molecule has 3 heterocycles. The molecule has 4 rings (SSSR count). The summed E-state index contributed by atoms with van der Waals surface area (Å²) in [5, 5.41) is 3.39. The molecule has 0 fully saturated rings. The summed E-state index contributed by atoms with van der Waals surface area (Å²) in [6, 6.07) is 6.72. The molecule has 1 aliphatic heterocycles. The summed E-state index contributed by atoms with van der Waals surface area (Å²) in [4.78, 5) is 42.8. The van der Waals surface area contributed by atoms with Crippen LogP contribution in [-0.4, -0.2) is 32.9 Å². The van der Waals surface area contributed by atoms with E-state index in [2.05, 4.69) is 10.3 Å². The monoisotopic (exact) mass is 488 g/mol. The summed E-state index contributed by atoms with van der Waals surface area (Å²) in [6.45, 7) is 0.0702. The third kappa shape index (κ3) is 4.74. The van der Waals surface area contributed by atoms with Crippen molar-refractivity contribution in [3.63, 3.8) is 0 Å². The third-order valence-electron chi connectivity index (χ3n) is 5.63. The Kier molecular flexibility index (Phi) is 6.82. The number of rotatable bonds is 6. The van der Waals surface area contributed by atoms with Gasteiger partial charge in [-0.3, -0.25) is 18.7 Å². The van der Waals surface area contributed by atoms with E-state index < -0.39 is 28.8 Å². The standard InChI is InChI=1S/C23H22F2N4O4S/c1-28-22-16(21(31)29(23(28)32)11-14-3-4-17(24)18(25)7-14)9-15(12-34-22)20(30)27-10-13-5-6-26-19(8-13)33-2/h3-8,15H,9-12H2,1-2H3,(H,27,30). The number of ether oxygens (including phenoxy) is 1. The van der Waals surface area contributed by atoms with Gasteiger partial charge in [0.05, 0.1) is 24.6 Å². The lowest BCUT2D eigenvalue weighted by molar-refractivity contribution is -0.124. The second kappa shape index (κ2) is 9.80. The first-order valence-corrected chi connectivity index (χ1v) is 11.4. The number of fused-ring (bicyclic) bond motifs is 1. The second-order valence-electron chi connectivity index (χ2n) is 7.90. The Morgan fingerprint density at radius 3 is 2.74 bits per heavy atom. The summed E-state index contributed by atoms with van der Waals surface area (Å²) in [6.07, 6.45) is 1.75. The average Bonchev–Trinajstić information content (AvgIpc) is 2.85. The molecule has 3 aromatic rings. The number of halogens is 2. The number of carbonyl (C=O) groups is 1. The fourth-order valence-electron chi connectivity index (χ4n) is 3.79. The zero-order valence-electron chi connectivity index (χ0n) is 18.5. The van der Waals surface area contributed by atoms with Gasteiger partial charge in [-0.2, -0.15) is 0 Å².